The van der Waals surface area contributed by atoms with Crippen LogP contribution in [0.1, 0.15) is 32.6 Å². The Labute approximate surface area is 210 Å². The fraction of sp³-hybridized carbons (Fsp3) is 0.240. The number of nitrogens with zero attached hydrogens (tertiary/aromatic N) is 6. The van der Waals surface area contributed by atoms with Crippen molar-refractivity contribution >= 4 is 39.7 Å². The highest BCUT2D eigenvalue weighted by atomic mass is 32.1. The lowest BCUT2D eigenvalue weighted by molar-refractivity contribution is -0.120. The van der Waals surface area contributed by atoms with Crippen molar-refractivity contribution in [1.29, 1.82) is 0 Å². The average molecular weight is 501 g/mol. The number of carbonyl (C=O) groups excluding carboxylic acids is 2. The van der Waals surface area contributed by atoms with Gasteiger partial charge in [-0.2, -0.15) is 5.10 Å². The van der Waals surface area contributed by atoms with Crippen molar-refractivity contribution in [3.8, 4) is 0 Å². The monoisotopic (exact) mass is 500 g/mol. The van der Waals surface area contributed by atoms with Crippen molar-refractivity contribution in [3.63, 3.8) is 0 Å². The largest absolute Gasteiger partial charge is 0.341 e. The zero-order chi connectivity index (χ0) is 24.8. The van der Waals surface area contributed by atoms with Crippen molar-refractivity contribution in [1.82, 2.24) is 34.8 Å². The number of amides is 2. The van der Waals surface area contributed by atoms with E-state index in [2.05, 4.69) is 42.4 Å². The molecule has 5 heterocycles. The molecule has 0 saturated carbocycles. The predicted molar refractivity (Wildman–Crippen MR) is 136 cm³/mol. The molecule has 1 aliphatic heterocycles. The van der Waals surface area contributed by atoms with Gasteiger partial charge in [-0.1, -0.05) is 12.1 Å². The van der Waals surface area contributed by atoms with E-state index < -0.39 is 11.9 Å². The molecule has 2 amide bonds. The molecule has 5 aromatic rings. The third-order valence-electron chi connectivity index (χ3n) is 6.59. The molecule has 1 aromatic carbocycles. The van der Waals surface area contributed by atoms with Gasteiger partial charge in [0, 0.05) is 49.6 Å². The first-order chi connectivity index (χ1) is 17.5. The van der Waals surface area contributed by atoms with Gasteiger partial charge in [-0.3, -0.25) is 19.4 Å². The molecule has 10 nitrogen and oxygen atoms in total. The average Bonchev–Trinajstić information content (AvgIpc) is 3.67. The highest BCUT2D eigenvalue weighted by Crippen LogP contribution is 2.35. The van der Waals surface area contributed by atoms with E-state index in [9.17, 15) is 9.59 Å². The van der Waals surface area contributed by atoms with Crippen LogP contribution >= 0.6 is 11.3 Å². The molecule has 1 atom stereocenters. The van der Waals surface area contributed by atoms with Crippen molar-refractivity contribution < 1.29 is 9.59 Å². The Bertz CT molecular complexity index is 1580. The molecule has 2 N–H and O–H groups in total. The zero-order valence-corrected chi connectivity index (χ0v) is 20.6. The van der Waals surface area contributed by atoms with E-state index in [1.54, 1.807) is 29.5 Å². The lowest BCUT2D eigenvalue weighted by Gasteiger charge is -2.22. The van der Waals surface area contributed by atoms with Gasteiger partial charge in [-0.05, 0) is 35.2 Å². The van der Waals surface area contributed by atoms with Crippen molar-refractivity contribution in [3.05, 3.63) is 82.0 Å². The van der Waals surface area contributed by atoms with E-state index in [0.29, 0.717) is 25.2 Å². The topological polar surface area (TPSA) is 114 Å². The Morgan fingerprint density at radius 1 is 1.22 bits per heavy atom. The zero-order valence-electron chi connectivity index (χ0n) is 19.8. The molecule has 182 valence electrons. The third-order valence-corrected chi connectivity index (χ3v) is 7.47. The second kappa shape index (κ2) is 8.76. The molecule has 6 rings (SSSR count). The summed E-state index contributed by atoms with van der Waals surface area (Å²) in [4.78, 5) is 33.5. The molecule has 0 spiro atoms. The van der Waals surface area contributed by atoms with Crippen LogP contribution in [0.3, 0.4) is 0 Å². The second-order valence-corrected chi connectivity index (χ2v) is 9.92. The van der Waals surface area contributed by atoms with E-state index in [4.69, 9.17) is 0 Å². The summed E-state index contributed by atoms with van der Waals surface area (Å²) in [6.45, 7) is 0.648. The summed E-state index contributed by atoms with van der Waals surface area (Å²) in [5.74, 6) is -0.0301. The van der Waals surface area contributed by atoms with Gasteiger partial charge < -0.3 is 14.8 Å². The van der Waals surface area contributed by atoms with Crippen LogP contribution in [-0.2, 0) is 31.2 Å². The molecular weight excluding hydrogens is 476 g/mol. The van der Waals surface area contributed by atoms with Crippen molar-refractivity contribution in [2.45, 2.75) is 25.4 Å². The number of aromatic amines is 1. The lowest BCUT2D eigenvalue weighted by atomic mass is 10.1. The smallest absolute Gasteiger partial charge is 0.291 e. The number of anilines is 1. The standard InChI is InChI=1S/C25H24N8O2S/c1-31-19-6-3-7-20-22(19)15(13-33(20)14-16-8-9-26-32(16)2)11-18(25(31)35)27-24(34)23-28-21(29-30-23)12-17-5-4-10-36-17/h3-10,13,18H,11-12,14H2,1-2H3,(H,27,34)(H,28,29,30)/t18-/m0/s1. The Hall–Kier alpha value is -4.25. The first-order valence-electron chi connectivity index (χ1n) is 11.6. The molecule has 0 unspecified atom stereocenters. The van der Waals surface area contributed by atoms with Gasteiger partial charge in [0.15, 0.2) is 0 Å². The van der Waals surface area contributed by atoms with Crippen LogP contribution in [0.2, 0.25) is 0 Å². The Morgan fingerprint density at radius 3 is 2.89 bits per heavy atom. The molecule has 4 aromatic heterocycles. The third kappa shape index (κ3) is 3.87. The molecule has 1 aliphatic rings. The molecule has 0 bridgehead atoms. The quantitative estimate of drug-likeness (QED) is 0.372. The molecule has 0 radical (unpaired) electrons. The normalized spacial score (nSPS) is 15.4. The minimum absolute atomic E-state index is 0.0256. The number of benzene rings is 1. The number of hydrogen-bond donors (Lipinski definition) is 2. The maximum Gasteiger partial charge on any atom is 0.291 e. The first kappa shape index (κ1) is 22.2. The van der Waals surface area contributed by atoms with Crippen molar-refractivity contribution in [2.24, 2.45) is 7.05 Å². The number of carbonyl (C=O) groups is 2. The molecule has 11 heteroatoms. The van der Waals surface area contributed by atoms with Crippen molar-refractivity contribution in [2.75, 3.05) is 11.9 Å². The van der Waals surface area contributed by atoms with Gasteiger partial charge >= 0.3 is 0 Å². The summed E-state index contributed by atoms with van der Waals surface area (Å²) in [5, 5.41) is 17.1. The Balaban J connectivity index is 1.28. The highest BCUT2D eigenvalue weighted by Gasteiger charge is 2.32. The maximum absolute atomic E-state index is 13.4. The summed E-state index contributed by atoms with van der Waals surface area (Å²) in [7, 11) is 3.67. The summed E-state index contributed by atoms with van der Waals surface area (Å²) in [6.07, 6.45) is 4.79. The lowest BCUT2D eigenvalue weighted by Crippen LogP contribution is -2.48. The SMILES string of the molecule is CN1C(=O)[C@@H](NC(=O)c2n[nH]c(Cc3cccs3)n2)Cc2cn(Cc3ccnn3C)c3cccc1c23. The van der Waals surface area contributed by atoms with Crippen LogP contribution in [0, 0.1) is 0 Å². The van der Waals surface area contributed by atoms with E-state index in [0.717, 1.165) is 32.7 Å². The minimum Gasteiger partial charge on any atom is -0.341 e. The minimum atomic E-state index is -0.745. The van der Waals surface area contributed by atoms with Gasteiger partial charge in [-0.15, -0.1) is 16.4 Å². The van der Waals surface area contributed by atoms with E-state index >= 15 is 0 Å². The highest BCUT2D eigenvalue weighted by molar-refractivity contribution is 7.09. The fourth-order valence-electron chi connectivity index (χ4n) is 4.76. The maximum atomic E-state index is 13.4. The number of nitrogens with one attached hydrogen (secondary N) is 2. The molecule has 0 saturated heterocycles. The summed E-state index contributed by atoms with van der Waals surface area (Å²) < 4.78 is 4.02. The number of rotatable bonds is 6. The van der Waals surface area contributed by atoms with E-state index in [1.165, 1.54) is 0 Å². The van der Waals surface area contributed by atoms with Crippen LogP contribution < -0.4 is 10.2 Å². The molecular formula is C25H24N8O2S. The number of thiophene rings is 1. The number of likely N-dealkylation sites (N-methyl/N-ethyl adjacent to an activating group) is 1. The second-order valence-electron chi connectivity index (χ2n) is 8.89. The molecule has 0 aliphatic carbocycles. The van der Waals surface area contributed by atoms with Gasteiger partial charge in [-0.25, -0.2) is 4.98 Å². The van der Waals surface area contributed by atoms with Gasteiger partial charge in [0.25, 0.3) is 5.91 Å². The van der Waals surface area contributed by atoms with Gasteiger partial charge in [0.2, 0.25) is 11.7 Å². The number of aryl methyl sites for hydroxylation is 1. The molecule has 0 fully saturated rings. The van der Waals surface area contributed by atoms with Gasteiger partial charge in [0.05, 0.1) is 23.4 Å². The van der Waals surface area contributed by atoms with Crippen LogP contribution in [0.25, 0.3) is 10.9 Å². The first-order valence-corrected chi connectivity index (χ1v) is 12.5. The van der Waals surface area contributed by atoms with E-state index in [-0.39, 0.29) is 11.7 Å². The van der Waals surface area contributed by atoms with Crippen LogP contribution in [0.15, 0.2) is 54.2 Å². The van der Waals surface area contributed by atoms with Crippen LogP contribution in [0.5, 0.6) is 0 Å². The van der Waals surface area contributed by atoms with Crippen LogP contribution in [0.4, 0.5) is 5.69 Å². The summed E-state index contributed by atoms with van der Waals surface area (Å²) in [6, 6.07) is 11.2. The Kier molecular flexibility index (Phi) is 5.41. The number of aromatic nitrogens is 6. The molecule has 36 heavy (non-hydrogen) atoms. The summed E-state index contributed by atoms with van der Waals surface area (Å²) >= 11 is 1.62. The Morgan fingerprint density at radius 2 is 2.11 bits per heavy atom. The van der Waals surface area contributed by atoms with Gasteiger partial charge in [0.1, 0.15) is 11.9 Å². The number of H-pyrrole nitrogens is 1. The predicted octanol–water partition coefficient (Wildman–Crippen LogP) is 2.51. The van der Waals surface area contributed by atoms with Crippen LogP contribution in [-0.4, -0.2) is 54.4 Å². The fourth-order valence-corrected chi connectivity index (χ4v) is 5.47. The number of hydrogen-bond acceptors (Lipinski definition) is 6. The summed E-state index contributed by atoms with van der Waals surface area (Å²) in [5.41, 5.74) is 3.92. The van der Waals surface area contributed by atoms with E-state index in [1.807, 2.05) is 47.4 Å².